The monoisotopic (exact) mass is 881 g/mol. The summed E-state index contributed by atoms with van der Waals surface area (Å²) in [5, 5.41) is 51.4. The average Bonchev–Trinajstić information content (AvgIpc) is 3.91. The zero-order chi connectivity index (χ0) is 44.3. The van der Waals surface area contributed by atoms with Crippen LogP contribution in [-0.2, 0) is 51.8 Å². The largest absolute Gasteiger partial charge is 0.509 e. The first-order chi connectivity index (χ1) is 26.2. The molecule has 0 aromatic rings. The van der Waals surface area contributed by atoms with Gasteiger partial charge in [0, 0.05) is 0 Å². The fourth-order valence-corrected chi connectivity index (χ4v) is 14.5. The number of carbonyl (C=O) groups excluding carboxylic acids is 4. The zero-order valence-electron chi connectivity index (χ0n) is 34.5. The number of nitrogens with one attached hydrogen (secondary N) is 1. The highest BCUT2D eigenvalue weighted by molar-refractivity contribution is 6.90. The molecule has 4 fully saturated rings. The van der Waals surface area contributed by atoms with Gasteiger partial charge in [0.25, 0.3) is 5.95 Å². The molecule has 8 unspecified atom stereocenters. The van der Waals surface area contributed by atoms with E-state index < -0.39 is 111 Å². The summed E-state index contributed by atoms with van der Waals surface area (Å²) >= 11 is 0. The van der Waals surface area contributed by atoms with Crippen LogP contribution in [0.4, 0.5) is 19.2 Å². The van der Waals surface area contributed by atoms with E-state index in [0.717, 1.165) is 0 Å². The Bertz CT molecular complexity index is 1220. The maximum Gasteiger partial charge on any atom is 0.509 e. The molecular formula is C32H63NO21Si3. The fraction of sp³-hybridized carbons (Fsp3) is 0.812. The molecule has 4 heterocycles. The van der Waals surface area contributed by atoms with Crippen molar-refractivity contribution >= 4 is 49.4 Å². The van der Waals surface area contributed by atoms with Crippen LogP contribution < -0.4 is 4.65 Å². The lowest BCUT2D eigenvalue weighted by Crippen LogP contribution is -2.55. The number of carbonyl (C=O) groups is 4. The van der Waals surface area contributed by atoms with Crippen LogP contribution in [0.1, 0.15) is 0 Å². The minimum atomic E-state index is -1.67. The number of aliphatic hydroxyl groups excluding tert-OH is 6. The van der Waals surface area contributed by atoms with Crippen molar-refractivity contribution in [2.75, 3.05) is 53.9 Å². The lowest BCUT2D eigenvalue weighted by atomic mass is 10.1. The molecule has 22 nitrogen and oxygen atoms in total. The molecule has 4 aliphatic heterocycles. The molecule has 0 radical (unpaired) electrons. The molecule has 0 spiro atoms. The van der Waals surface area contributed by atoms with E-state index in [0.29, 0.717) is 13.2 Å². The van der Waals surface area contributed by atoms with Gasteiger partial charge in [0.05, 0.1) is 40.6 Å². The van der Waals surface area contributed by atoms with Crippen LogP contribution in [0.3, 0.4) is 0 Å². The molecule has 0 amide bonds. The predicted molar refractivity (Wildman–Crippen MR) is 204 cm³/mol. The van der Waals surface area contributed by atoms with Crippen LogP contribution in [0.2, 0.25) is 58.9 Å². The maximum atomic E-state index is 11.2. The summed E-state index contributed by atoms with van der Waals surface area (Å²) in [5.41, 5.74) is 0. The van der Waals surface area contributed by atoms with Gasteiger partial charge in [0.2, 0.25) is 0 Å². The van der Waals surface area contributed by atoms with Gasteiger partial charge in [-0.1, -0.05) is 39.3 Å². The molecule has 0 aromatic carbocycles. The van der Waals surface area contributed by atoms with Crippen LogP contribution in [0.15, 0.2) is 12.5 Å². The third-order valence-corrected chi connectivity index (χ3v) is 13.9. The number of methoxy groups -OCH3 is 2. The van der Waals surface area contributed by atoms with E-state index in [1.54, 1.807) is 0 Å². The molecule has 7 N–H and O–H groups in total. The van der Waals surface area contributed by atoms with Gasteiger partial charge in [-0.15, -0.1) is 0 Å². The number of rotatable bonds is 12. The number of aliphatic hydroxyl groups is 6. The highest BCUT2D eigenvalue weighted by atomic mass is 28.4. The quantitative estimate of drug-likeness (QED) is 0.0808. The van der Waals surface area contributed by atoms with Crippen molar-refractivity contribution in [1.82, 2.24) is 4.65 Å². The second-order valence-electron chi connectivity index (χ2n) is 15.4. The van der Waals surface area contributed by atoms with E-state index in [-0.39, 0.29) is 25.3 Å². The van der Waals surface area contributed by atoms with Crippen molar-refractivity contribution in [3.05, 3.63) is 12.5 Å². The van der Waals surface area contributed by atoms with Crippen LogP contribution in [-0.4, -0.2) is 189 Å². The molecule has 57 heavy (non-hydrogen) atoms. The summed E-state index contributed by atoms with van der Waals surface area (Å²) in [5.74, 6) is 0.243. The summed E-state index contributed by atoms with van der Waals surface area (Å²) in [4.78, 5) is 42.3. The van der Waals surface area contributed by atoms with Crippen LogP contribution >= 0.6 is 0 Å². The summed E-state index contributed by atoms with van der Waals surface area (Å²) in [6, 6.07) is 0. The van der Waals surface area contributed by atoms with Gasteiger partial charge in [0.15, 0.2) is 44.9 Å². The van der Waals surface area contributed by atoms with E-state index in [1.807, 2.05) is 0 Å². The second kappa shape index (κ2) is 25.3. The van der Waals surface area contributed by atoms with Crippen molar-refractivity contribution < 1.29 is 102 Å². The van der Waals surface area contributed by atoms with E-state index >= 15 is 0 Å². The summed E-state index contributed by atoms with van der Waals surface area (Å²) < 4.78 is 56.7. The number of ether oxygens (including phenoxy) is 10. The van der Waals surface area contributed by atoms with Gasteiger partial charge in [-0.05, 0) is 26.2 Å². The van der Waals surface area contributed by atoms with Gasteiger partial charge in [-0.25, -0.2) is 19.2 Å². The molecule has 0 aromatic heterocycles. The molecule has 0 aliphatic carbocycles. The Hall–Kier alpha value is -3.25. The Labute approximate surface area is 335 Å². The maximum absolute atomic E-state index is 11.2. The SMILES string of the molecule is C=C1OCC(C2OC(=O)OC2CO[Si](C)(C)C)O1.COC(=O)OC.C[Si](C)(C)N[Si](C)(C)C.O=C1OCC(C2OC(=O)OC2CO)O1.OCC(O)C(O)C(O)CO. The summed E-state index contributed by atoms with van der Waals surface area (Å²) in [6.07, 6.45) is -11.0. The van der Waals surface area contributed by atoms with Crippen molar-refractivity contribution in [3.63, 3.8) is 0 Å². The summed E-state index contributed by atoms with van der Waals surface area (Å²) in [6.45, 7) is 22.8. The van der Waals surface area contributed by atoms with Crippen molar-refractivity contribution in [2.24, 2.45) is 0 Å². The molecule has 4 aliphatic rings. The third kappa shape index (κ3) is 23.1. The second-order valence-corrected chi connectivity index (χ2v) is 29.9. The Balaban J connectivity index is 0.000000724. The average molecular weight is 882 g/mol. The predicted octanol–water partition coefficient (Wildman–Crippen LogP) is 0.745. The molecule has 0 bridgehead atoms. The van der Waals surface area contributed by atoms with Gasteiger partial charge in [-0.2, -0.15) is 0 Å². The molecule has 25 heteroatoms. The topological polar surface area (TPSA) is 303 Å². The number of hydrogen-bond acceptors (Lipinski definition) is 22. The van der Waals surface area contributed by atoms with Gasteiger partial charge >= 0.3 is 24.6 Å². The van der Waals surface area contributed by atoms with Gasteiger partial charge in [-0.3, -0.25) is 0 Å². The molecule has 0 saturated carbocycles. The lowest BCUT2D eigenvalue weighted by molar-refractivity contribution is -0.0900. The number of cyclic esters (lactones) is 6. The van der Waals surface area contributed by atoms with Crippen molar-refractivity contribution in [3.8, 4) is 0 Å². The Morgan fingerprint density at radius 1 is 0.702 bits per heavy atom. The summed E-state index contributed by atoms with van der Waals surface area (Å²) in [7, 11) is -1.12. The molecule has 4 rings (SSSR count). The van der Waals surface area contributed by atoms with Gasteiger partial charge < -0.3 is 87.1 Å². The minimum absolute atomic E-state index is 0.00333. The highest BCUT2D eigenvalue weighted by Crippen LogP contribution is 2.27. The van der Waals surface area contributed by atoms with Crippen molar-refractivity contribution in [1.29, 1.82) is 0 Å². The highest BCUT2D eigenvalue weighted by Gasteiger charge is 2.47. The number of hydrogen-bond donors (Lipinski definition) is 7. The van der Waals surface area contributed by atoms with E-state index in [9.17, 15) is 19.2 Å². The molecule has 334 valence electrons. The molecular weight excluding hydrogens is 819 g/mol. The first-order valence-corrected chi connectivity index (χ1v) is 28.1. The Morgan fingerprint density at radius 3 is 1.46 bits per heavy atom. The minimum Gasteiger partial charge on any atom is -0.462 e. The lowest BCUT2D eigenvalue weighted by Gasteiger charge is -2.28. The first kappa shape index (κ1) is 53.8. The smallest absolute Gasteiger partial charge is 0.462 e. The van der Waals surface area contributed by atoms with Crippen molar-refractivity contribution in [2.45, 2.75) is 114 Å². The first-order valence-electron chi connectivity index (χ1n) is 17.7. The fourth-order valence-electron chi connectivity index (χ4n) is 4.80. The van der Waals surface area contributed by atoms with E-state index in [4.69, 9.17) is 63.5 Å². The van der Waals surface area contributed by atoms with Crippen LogP contribution in [0.5, 0.6) is 0 Å². The zero-order valence-corrected chi connectivity index (χ0v) is 37.5. The van der Waals surface area contributed by atoms with E-state index in [1.165, 1.54) is 14.2 Å². The van der Waals surface area contributed by atoms with E-state index in [2.05, 4.69) is 89.1 Å². The Kier molecular flexibility index (Phi) is 23.8. The molecule has 8 atom stereocenters. The Morgan fingerprint density at radius 2 is 1.14 bits per heavy atom. The normalized spacial score (nSPS) is 25.3. The standard InChI is InChI=1S/C11H18O6Si.C7H8O7.C6H19NSi2.C5H12O5.C3H6O3/c1-7-13-5-8(15-7)10-9(16-11(12)17-10)6-14-18(2,3)4;8-1-3-5(14-7(10)12-3)4-2-11-6(9)13-4;1-8(2,3)7-9(4,5)6;6-1-3(8)5(10)4(9)2-7;1-5-3(4)6-2/h8-10H,1,5-6H2,2-4H3;3-5,8H,1-2H2;7H,1-6H3;3-10H,1-2H2;1-2H3. The molecule has 4 saturated heterocycles. The van der Waals surface area contributed by atoms with Crippen LogP contribution in [0.25, 0.3) is 0 Å². The van der Waals surface area contributed by atoms with Crippen LogP contribution in [0, 0.1) is 0 Å². The van der Waals surface area contributed by atoms with Gasteiger partial charge in [0.1, 0.15) is 48.0 Å². The third-order valence-electron chi connectivity index (χ3n) is 6.84.